The molecule has 1 rings (SSSR count). The number of hydrogen-bond donors (Lipinski definition) is 2. The Morgan fingerprint density at radius 2 is 0.773 bits per heavy atom. The van der Waals surface area contributed by atoms with Gasteiger partial charge in [0.05, 0.1) is 0 Å². The highest BCUT2D eigenvalue weighted by molar-refractivity contribution is 5.77. The zero-order valence-electron chi connectivity index (χ0n) is 14.1. The van der Waals surface area contributed by atoms with Gasteiger partial charge in [0, 0.05) is 25.9 Å². The summed E-state index contributed by atoms with van der Waals surface area (Å²) in [6.07, 6.45) is 15.2. The van der Waals surface area contributed by atoms with Crippen molar-refractivity contribution >= 4 is 11.8 Å². The summed E-state index contributed by atoms with van der Waals surface area (Å²) in [5.41, 5.74) is 0. The average Bonchev–Trinajstić information content (AvgIpc) is 2.51. The van der Waals surface area contributed by atoms with E-state index in [1.54, 1.807) is 0 Å². The van der Waals surface area contributed by atoms with Crippen LogP contribution in [-0.4, -0.2) is 24.9 Å². The molecule has 1 heterocycles. The van der Waals surface area contributed by atoms with E-state index in [9.17, 15) is 9.59 Å². The van der Waals surface area contributed by atoms with E-state index in [4.69, 9.17) is 0 Å². The van der Waals surface area contributed by atoms with Gasteiger partial charge in [0.15, 0.2) is 0 Å². The lowest BCUT2D eigenvalue weighted by Crippen LogP contribution is -2.25. The smallest absolute Gasteiger partial charge is 0.219 e. The molecule has 0 atom stereocenters. The van der Waals surface area contributed by atoms with Gasteiger partial charge in [-0.15, -0.1) is 0 Å². The summed E-state index contributed by atoms with van der Waals surface area (Å²) in [7, 11) is 0. The summed E-state index contributed by atoms with van der Waals surface area (Å²) in [6, 6.07) is 0. The zero-order valence-corrected chi connectivity index (χ0v) is 14.1. The van der Waals surface area contributed by atoms with Crippen LogP contribution in [0.4, 0.5) is 0 Å². The molecule has 4 heteroatoms. The Morgan fingerprint density at radius 3 is 1.14 bits per heavy atom. The monoisotopic (exact) mass is 310 g/mol. The quantitative estimate of drug-likeness (QED) is 0.717. The van der Waals surface area contributed by atoms with Gasteiger partial charge in [-0.1, -0.05) is 51.4 Å². The Bertz CT molecular complexity index is 275. The van der Waals surface area contributed by atoms with Crippen LogP contribution in [0.1, 0.15) is 89.9 Å². The van der Waals surface area contributed by atoms with E-state index in [0.29, 0.717) is 12.8 Å². The fourth-order valence-electron chi connectivity index (χ4n) is 2.87. The summed E-state index contributed by atoms with van der Waals surface area (Å²) in [4.78, 5) is 23.3. The molecular formula is C18H34N2O2. The average molecular weight is 310 g/mol. The summed E-state index contributed by atoms with van der Waals surface area (Å²) < 4.78 is 0. The van der Waals surface area contributed by atoms with Crippen molar-refractivity contribution in [2.75, 3.05) is 13.1 Å². The Hall–Kier alpha value is -1.06. The molecule has 0 spiro atoms. The minimum atomic E-state index is 0.134. The van der Waals surface area contributed by atoms with Crippen molar-refractivity contribution in [2.24, 2.45) is 0 Å². The first-order valence-corrected chi connectivity index (χ1v) is 9.32. The van der Waals surface area contributed by atoms with Crippen LogP contribution >= 0.6 is 0 Å². The predicted octanol–water partition coefficient (Wildman–Crippen LogP) is 3.69. The molecular weight excluding hydrogens is 276 g/mol. The first-order chi connectivity index (χ1) is 10.8. The first-order valence-electron chi connectivity index (χ1n) is 9.32. The van der Waals surface area contributed by atoms with Gasteiger partial charge in [-0.3, -0.25) is 9.59 Å². The summed E-state index contributed by atoms with van der Waals surface area (Å²) in [5.74, 6) is 0.268. The van der Waals surface area contributed by atoms with Crippen molar-refractivity contribution < 1.29 is 9.59 Å². The fourth-order valence-corrected chi connectivity index (χ4v) is 2.87. The zero-order chi connectivity index (χ0) is 15.9. The van der Waals surface area contributed by atoms with Crippen LogP contribution in [0.5, 0.6) is 0 Å². The van der Waals surface area contributed by atoms with Crippen molar-refractivity contribution in [3.8, 4) is 0 Å². The molecule has 0 saturated carbocycles. The molecule has 0 aliphatic carbocycles. The van der Waals surface area contributed by atoms with E-state index in [1.807, 2.05) is 0 Å². The molecule has 0 aromatic rings. The predicted molar refractivity (Wildman–Crippen MR) is 90.7 cm³/mol. The van der Waals surface area contributed by atoms with Crippen molar-refractivity contribution in [3.05, 3.63) is 0 Å². The maximum absolute atomic E-state index is 11.6. The molecule has 0 aromatic heterocycles. The molecule has 1 aliphatic rings. The third-order valence-corrected chi connectivity index (χ3v) is 4.31. The first kappa shape index (κ1) is 19.0. The third kappa shape index (κ3) is 11.6. The molecule has 128 valence electrons. The Kier molecular flexibility index (Phi) is 11.7. The maximum Gasteiger partial charge on any atom is 0.219 e. The van der Waals surface area contributed by atoms with E-state index in [1.165, 1.54) is 51.4 Å². The topological polar surface area (TPSA) is 58.2 Å². The third-order valence-electron chi connectivity index (χ3n) is 4.31. The lowest BCUT2D eigenvalue weighted by Gasteiger charge is -2.07. The number of hydrogen-bond acceptors (Lipinski definition) is 2. The minimum Gasteiger partial charge on any atom is -0.356 e. The molecule has 2 amide bonds. The van der Waals surface area contributed by atoms with Crippen LogP contribution in [0.25, 0.3) is 0 Å². The van der Waals surface area contributed by atoms with Crippen LogP contribution in [0.15, 0.2) is 0 Å². The van der Waals surface area contributed by atoms with Crippen molar-refractivity contribution in [2.45, 2.75) is 89.9 Å². The van der Waals surface area contributed by atoms with Gasteiger partial charge in [-0.05, 0) is 25.7 Å². The molecule has 0 aromatic carbocycles. The standard InChI is InChI=1S/C18H34N2O2/c21-17-13-9-10-14-18(22)20-16-12-8-6-4-2-1-3-5-7-11-15-19-17/h1-16H2,(H,19,21)(H,20,22). The summed E-state index contributed by atoms with van der Waals surface area (Å²) in [6.45, 7) is 1.61. The number of carbonyl (C=O) groups excluding carboxylic acids is 2. The second-order valence-electron chi connectivity index (χ2n) is 6.44. The van der Waals surface area contributed by atoms with Crippen molar-refractivity contribution in [1.82, 2.24) is 10.6 Å². The van der Waals surface area contributed by atoms with E-state index >= 15 is 0 Å². The Morgan fingerprint density at radius 1 is 0.455 bits per heavy atom. The van der Waals surface area contributed by atoms with Crippen molar-refractivity contribution in [3.63, 3.8) is 0 Å². The molecule has 0 unspecified atom stereocenters. The van der Waals surface area contributed by atoms with Gasteiger partial charge in [0.2, 0.25) is 11.8 Å². The van der Waals surface area contributed by atoms with Crippen LogP contribution in [0.3, 0.4) is 0 Å². The van der Waals surface area contributed by atoms with Gasteiger partial charge in [0.1, 0.15) is 0 Å². The highest BCUT2D eigenvalue weighted by Crippen LogP contribution is 2.10. The largest absolute Gasteiger partial charge is 0.356 e. The molecule has 0 radical (unpaired) electrons. The highest BCUT2D eigenvalue weighted by atomic mass is 16.2. The normalized spacial score (nSPS) is 22.4. The Balaban J connectivity index is 2.18. The van der Waals surface area contributed by atoms with Gasteiger partial charge < -0.3 is 10.6 Å². The van der Waals surface area contributed by atoms with Gasteiger partial charge in [-0.2, -0.15) is 0 Å². The van der Waals surface area contributed by atoms with E-state index in [-0.39, 0.29) is 11.8 Å². The highest BCUT2D eigenvalue weighted by Gasteiger charge is 2.04. The molecule has 1 saturated heterocycles. The fraction of sp³-hybridized carbons (Fsp3) is 0.889. The lowest BCUT2D eigenvalue weighted by molar-refractivity contribution is -0.123. The number of carbonyl (C=O) groups is 2. The van der Waals surface area contributed by atoms with Crippen molar-refractivity contribution in [1.29, 1.82) is 0 Å². The van der Waals surface area contributed by atoms with Gasteiger partial charge >= 0.3 is 0 Å². The molecule has 0 bridgehead atoms. The van der Waals surface area contributed by atoms with E-state index in [2.05, 4.69) is 10.6 Å². The number of rotatable bonds is 0. The number of amides is 2. The van der Waals surface area contributed by atoms with Crippen LogP contribution < -0.4 is 10.6 Å². The van der Waals surface area contributed by atoms with Crippen LogP contribution in [0, 0.1) is 0 Å². The van der Waals surface area contributed by atoms with Crippen LogP contribution in [-0.2, 0) is 9.59 Å². The minimum absolute atomic E-state index is 0.134. The molecule has 4 nitrogen and oxygen atoms in total. The molecule has 1 aliphatic heterocycles. The molecule has 1 fully saturated rings. The SMILES string of the molecule is O=C1CCCCC(=O)NCCCCCCCCCCCCN1. The molecule has 2 N–H and O–H groups in total. The molecule has 22 heavy (non-hydrogen) atoms. The van der Waals surface area contributed by atoms with E-state index in [0.717, 1.165) is 38.8 Å². The van der Waals surface area contributed by atoms with E-state index < -0.39 is 0 Å². The maximum atomic E-state index is 11.6. The second-order valence-corrected chi connectivity index (χ2v) is 6.44. The van der Waals surface area contributed by atoms with Gasteiger partial charge in [0.25, 0.3) is 0 Å². The summed E-state index contributed by atoms with van der Waals surface area (Å²) in [5, 5.41) is 5.95. The van der Waals surface area contributed by atoms with Crippen LogP contribution in [0.2, 0.25) is 0 Å². The summed E-state index contributed by atoms with van der Waals surface area (Å²) >= 11 is 0. The van der Waals surface area contributed by atoms with Gasteiger partial charge in [-0.25, -0.2) is 0 Å². The Labute approximate surface area is 135 Å². The number of nitrogens with one attached hydrogen (secondary N) is 2. The lowest BCUT2D eigenvalue weighted by atomic mass is 10.1. The second kappa shape index (κ2) is 13.6.